The maximum atomic E-state index is 11.4. The van der Waals surface area contributed by atoms with E-state index in [2.05, 4.69) is 0 Å². The van der Waals surface area contributed by atoms with E-state index < -0.39 is 0 Å². The first kappa shape index (κ1) is 7.83. The lowest BCUT2D eigenvalue weighted by Gasteiger charge is -2.49. The van der Waals surface area contributed by atoms with Gasteiger partial charge in [-0.3, -0.25) is 4.79 Å². The summed E-state index contributed by atoms with van der Waals surface area (Å²) in [5.41, 5.74) is 0. The van der Waals surface area contributed by atoms with Crippen molar-refractivity contribution in [2.45, 2.75) is 25.0 Å². The minimum Gasteiger partial charge on any atom is -0.347 e. The normalized spacial score (nSPS) is 52.4. The minimum atomic E-state index is -0.248. The molecule has 76 valence electrons. The van der Waals surface area contributed by atoms with Crippen LogP contribution >= 0.6 is 0 Å². The number of carbonyl (C=O) groups is 1. The van der Waals surface area contributed by atoms with E-state index in [0.29, 0.717) is 23.5 Å². The van der Waals surface area contributed by atoms with Crippen molar-refractivity contribution < 1.29 is 14.3 Å². The highest BCUT2D eigenvalue weighted by Gasteiger charge is 2.68. The summed E-state index contributed by atoms with van der Waals surface area (Å²) >= 11 is 0. The summed E-state index contributed by atoms with van der Waals surface area (Å²) in [7, 11) is 0. The molecule has 3 aliphatic carbocycles. The highest BCUT2D eigenvalue weighted by atomic mass is 16.7. The minimum absolute atomic E-state index is 0.248. The zero-order valence-electron chi connectivity index (χ0n) is 8.07. The van der Waals surface area contributed by atoms with E-state index in [1.54, 1.807) is 0 Å². The monoisotopic (exact) mass is 194 g/mol. The van der Waals surface area contributed by atoms with Crippen molar-refractivity contribution in [3.8, 4) is 0 Å². The van der Waals surface area contributed by atoms with Gasteiger partial charge in [0, 0.05) is 24.7 Å². The number of Topliss-reactive ketones (excluding diaryl/α,β-unsaturated/α-hetero) is 1. The fourth-order valence-electron chi connectivity index (χ4n) is 4.03. The second kappa shape index (κ2) is 2.22. The third-order valence-electron chi connectivity index (χ3n) is 4.80. The molecule has 4 atom stereocenters. The largest absolute Gasteiger partial charge is 0.347 e. The van der Waals surface area contributed by atoms with E-state index >= 15 is 0 Å². The molecule has 3 saturated carbocycles. The third-order valence-corrected chi connectivity index (χ3v) is 4.80. The summed E-state index contributed by atoms with van der Waals surface area (Å²) in [5.74, 6) is 2.56. The standard InChI is InChI=1S/C11H14O3/c12-10-4-6-7(10)3-9-8(6)5-11(9)13-1-2-14-11/h6-9H,1-5H2/t6-,7-,8+,9-/m1/s1. The zero-order valence-corrected chi connectivity index (χ0v) is 8.07. The molecular weight excluding hydrogens is 180 g/mol. The topological polar surface area (TPSA) is 35.5 Å². The van der Waals surface area contributed by atoms with Gasteiger partial charge in [-0.1, -0.05) is 0 Å². The van der Waals surface area contributed by atoms with Gasteiger partial charge in [-0.05, 0) is 18.3 Å². The maximum absolute atomic E-state index is 11.4. The van der Waals surface area contributed by atoms with Crippen molar-refractivity contribution in [1.29, 1.82) is 0 Å². The van der Waals surface area contributed by atoms with Crippen LogP contribution in [0.25, 0.3) is 0 Å². The first-order valence-electron chi connectivity index (χ1n) is 5.61. The van der Waals surface area contributed by atoms with Gasteiger partial charge in [-0.25, -0.2) is 0 Å². The van der Waals surface area contributed by atoms with E-state index in [1.807, 2.05) is 0 Å². The molecule has 0 aromatic rings. The Kier molecular flexibility index (Phi) is 1.24. The Morgan fingerprint density at radius 3 is 2.71 bits per heavy atom. The smallest absolute Gasteiger partial charge is 0.171 e. The lowest BCUT2D eigenvalue weighted by Crippen LogP contribution is -2.54. The summed E-state index contributed by atoms with van der Waals surface area (Å²) in [4.78, 5) is 11.4. The lowest BCUT2D eigenvalue weighted by molar-refractivity contribution is -0.272. The van der Waals surface area contributed by atoms with E-state index in [4.69, 9.17) is 9.47 Å². The fourth-order valence-corrected chi connectivity index (χ4v) is 4.03. The molecule has 1 spiro atoms. The van der Waals surface area contributed by atoms with Gasteiger partial charge in [-0.2, -0.15) is 0 Å². The SMILES string of the molecule is O=C1C[C@H]2[C@@H]3CC4(OCCO4)[C@@H]3C[C@@H]12. The van der Waals surface area contributed by atoms with E-state index in [-0.39, 0.29) is 5.79 Å². The average molecular weight is 194 g/mol. The molecule has 0 aromatic carbocycles. The Morgan fingerprint density at radius 1 is 1.21 bits per heavy atom. The van der Waals surface area contributed by atoms with Gasteiger partial charge in [0.25, 0.3) is 0 Å². The number of hydrogen-bond acceptors (Lipinski definition) is 3. The molecule has 0 radical (unpaired) electrons. The van der Waals surface area contributed by atoms with Crippen LogP contribution in [-0.2, 0) is 14.3 Å². The van der Waals surface area contributed by atoms with Crippen molar-refractivity contribution in [2.24, 2.45) is 23.7 Å². The summed E-state index contributed by atoms with van der Waals surface area (Å²) in [6, 6.07) is 0. The number of carbonyl (C=O) groups excluding carboxylic acids is 1. The van der Waals surface area contributed by atoms with E-state index in [9.17, 15) is 4.79 Å². The zero-order chi connectivity index (χ0) is 9.34. The Bertz CT molecular complexity index is 306. The second-order valence-electron chi connectivity index (χ2n) is 5.16. The Balaban J connectivity index is 1.61. The van der Waals surface area contributed by atoms with E-state index in [1.165, 1.54) is 0 Å². The van der Waals surface area contributed by atoms with E-state index in [0.717, 1.165) is 38.4 Å². The molecule has 4 aliphatic rings. The molecule has 4 rings (SSSR count). The van der Waals surface area contributed by atoms with Crippen LogP contribution in [0, 0.1) is 23.7 Å². The highest BCUT2D eigenvalue weighted by molar-refractivity contribution is 5.88. The second-order valence-corrected chi connectivity index (χ2v) is 5.16. The molecule has 14 heavy (non-hydrogen) atoms. The molecular formula is C11H14O3. The van der Waals surface area contributed by atoms with Crippen LogP contribution in [0.5, 0.6) is 0 Å². The predicted molar refractivity (Wildman–Crippen MR) is 47.5 cm³/mol. The Morgan fingerprint density at radius 2 is 2.00 bits per heavy atom. The first-order chi connectivity index (χ1) is 6.80. The number of hydrogen-bond donors (Lipinski definition) is 0. The summed E-state index contributed by atoms with van der Waals surface area (Å²) in [6.45, 7) is 1.49. The van der Waals surface area contributed by atoms with Crippen molar-refractivity contribution in [3.05, 3.63) is 0 Å². The van der Waals surface area contributed by atoms with Gasteiger partial charge in [0.1, 0.15) is 5.78 Å². The van der Waals surface area contributed by atoms with Gasteiger partial charge in [-0.15, -0.1) is 0 Å². The fraction of sp³-hybridized carbons (Fsp3) is 0.909. The summed E-state index contributed by atoms with van der Waals surface area (Å²) in [5, 5.41) is 0. The van der Waals surface area contributed by atoms with Gasteiger partial charge < -0.3 is 9.47 Å². The number of rotatable bonds is 0. The van der Waals surface area contributed by atoms with Gasteiger partial charge in [0.15, 0.2) is 5.79 Å². The Labute approximate surface area is 82.8 Å². The molecule has 0 unspecified atom stereocenters. The molecule has 0 amide bonds. The van der Waals surface area contributed by atoms with Crippen molar-refractivity contribution >= 4 is 5.78 Å². The van der Waals surface area contributed by atoms with Gasteiger partial charge in [0.05, 0.1) is 13.2 Å². The van der Waals surface area contributed by atoms with Crippen LogP contribution in [0.1, 0.15) is 19.3 Å². The molecule has 1 heterocycles. The summed E-state index contributed by atoms with van der Waals surface area (Å²) < 4.78 is 11.4. The molecule has 3 nitrogen and oxygen atoms in total. The Hall–Kier alpha value is -0.410. The third kappa shape index (κ3) is 0.684. The first-order valence-corrected chi connectivity index (χ1v) is 5.61. The van der Waals surface area contributed by atoms with Gasteiger partial charge in [0.2, 0.25) is 0 Å². The average Bonchev–Trinajstić information content (AvgIpc) is 2.68. The molecule has 1 aliphatic heterocycles. The maximum Gasteiger partial charge on any atom is 0.171 e. The number of ketones is 1. The van der Waals surface area contributed by atoms with Crippen molar-refractivity contribution in [1.82, 2.24) is 0 Å². The molecule has 0 aromatic heterocycles. The lowest BCUT2D eigenvalue weighted by atomic mass is 9.63. The molecule has 1 saturated heterocycles. The number of ether oxygens (including phenoxy) is 2. The van der Waals surface area contributed by atoms with Crippen molar-refractivity contribution in [2.75, 3.05) is 13.2 Å². The molecule has 0 N–H and O–H groups in total. The molecule has 4 fully saturated rings. The van der Waals surface area contributed by atoms with Crippen LogP contribution in [0.4, 0.5) is 0 Å². The molecule has 0 bridgehead atoms. The van der Waals surface area contributed by atoms with Crippen LogP contribution in [0.15, 0.2) is 0 Å². The quantitative estimate of drug-likeness (QED) is 0.576. The number of fused-ring (bicyclic) bond motifs is 4. The van der Waals surface area contributed by atoms with Crippen LogP contribution in [0.3, 0.4) is 0 Å². The van der Waals surface area contributed by atoms with Crippen LogP contribution in [-0.4, -0.2) is 24.8 Å². The van der Waals surface area contributed by atoms with Crippen LogP contribution < -0.4 is 0 Å². The highest BCUT2D eigenvalue weighted by Crippen LogP contribution is 2.65. The van der Waals surface area contributed by atoms with Gasteiger partial charge >= 0.3 is 0 Å². The van der Waals surface area contributed by atoms with Crippen molar-refractivity contribution in [3.63, 3.8) is 0 Å². The molecule has 3 heteroatoms. The van der Waals surface area contributed by atoms with Crippen LogP contribution in [0.2, 0.25) is 0 Å². The predicted octanol–water partition coefficient (Wildman–Crippen LogP) is 0.974. The summed E-state index contributed by atoms with van der Waals surface area (Å²) in [6.07, 6.45) is 2.92.